The molecule has 0 bridgehead atoms. The van der Waals surface area contributed by atoms with E-state index in [9.17, 15) is 26.3 Å². The number of halogens is 8. The first-order valence-corrected chi connectivity index (χ1v) is 14.9. The molecule has 9 heteroatoms. The van der Waals surface area contributed by atoms with Crippen LogP contribution in [-0.2, 0) is 25.7 Å². The number of hydrogen-bond acceptors (Lipinski definition) is 1. The van der Waals surface area contributed by atoms with Crippen LogP contribution >= 0.6 is 0 Å². The number of hydrogen-bond donors (Lipinski definition) is 0. The van der Waals surface area contributed by atoms with E-state index >= 15 is 8.78 Å². The summed E-state index contributed by atoms with van der Waals surface area (Å²) in [5.74, 6) is -6.33. The largest absolute Gasteiger partial charge is 0.573 e. The van der Waals surface area contributed by atoms with Gasteiger partial charge in [0.15, 0.2) is 11.6 Å². The average Bonchev–Trinajstić information content (AvgIpc) is 2.94. The van der Waals surface area contributed by atoms with Gasteiger partial charge in [-0.1, -0.05) is 25.5 Å². The molecule has 0 amide bonds. The smallest absolute Gasteiger partial charge is 0.399 e. The first-order chi connectivity index (χ1) is 20.4. The summed E-state index contributed by atoms with van der Waals surface area (Å²) >= 11 is 0. The van der Waals surface area contributed by atoms with Crippen LogP contribution in [0.4, 0.5) is 35.1 Å². The Hall–Kier alpha value is -3.10. The minimum atomic E-state index is -5.23. The van der Waals surface area contributed by atoms with Crippen molar-refractivity contribution in [3.63, 3.8) is 0 Å². The second-order valence-electron chi connectivity index (χ2n) is 12.0. The Balaban J connectivity index is 1.22. The van der Waals surface area contributed by atoms with E-state index in [1.54, 1.807) is 6.07 Å². The van der Waals surface area contributed by atoms with Gasteiger partial charge in [0, 0.05) is 5.56 Å². The predicted octanol–water partition coefficient (Wildman–Crippen LogP) is 10.4. The van der Waals surface area contributed by atoms with E-state index in [0.29, 0.717) is 61.6 Å². The van der Waals surface area contributed by atoms with Gasteiger partial charge in [-0.25, -0.2) is 22.0 Å². The van der Waals surface area contributed by atoms with Crippen LogP contribution in [0.25, 0.3) is 0 Å². The molecule has 1 saturated carbocycles. The third kappa shape index (κ3) is 7.18. The van der Waals surface area contributed by atoms with Crippen molar-refractivity contribution in [2.75, 3.05) is 0 Å². The van der Waals surface area contributed by atoms with E-state index in [2.05, 4.69) is 4.74 Å². The molecule has 1 atom stereocenters. The Morgan fingerprint density at radius 1 is 0.767 bits per heavy atom. The highest BCUT2D eigenvalue weighted by Gasteiger charge is 2.35. The van der Waals surface area contributed by atoms with Gasteiger partial charge in [-0.2, -0.15) is 0 Å². The molecule has 0 saturated heterocycles. The molecule has 2 aliphatic carbocycles. The van der Waals surface area contributed by atoms with Crippen LogP contribution in [0, 0.1) is 35.0 Å². The maximum Gasteiger partial charge on any atom is 0.573 e. The van der Waals surface area contributed by atoms with Gasteiger partial charge in [-0.05, 0) is 134 Å². The zero-order chi connectivity index (χ0) is 30.9. The van der Waals surface area contributed by atoms with E-state index in [0.717, 1.165) is 43.4 Å². The lowest BCUT2D eigenvalue weighted by Crippen LogP contribution is -2.21. The lowest BCUT2D eigenvalue weighted by atomic mass is 9.74. The standard InChI is InChI=1S/C34H34F8O/c1-2-3-19-4-7-22(27(35)15-19)8-5-20-6-13-26-25(14-20)18-28(36)31(32(26)39)23-11-9-21(10-12-23)24-16-29(37)33(30(38)17-24)43-34(40,41)42/h4,7,15-18,20-21,23H,2-3,5-6,8-14H2,1H3. The summed E-state index contributed by atoms with van der Waals surface area (Å²) in [6.07, 6.45) is 1.03. The topological polar surface area (TPSA) is 9.23 Å². The fourth-order valence-electron chi connectivity index (χ4n) is 6.90. The van der Waals surface area contributed by atoms with E-state index < -0.39 is 41.3 Å². The van der Waals surface area contributed by atoms with E-state index in [1.807, 2.05) is 19.1 Å². The average molecular weight is 611 g/mol. The normalized spacial score (nSPS) is 20.6. The second kappa shape index (κ2) is 12.9. The van der Waals surface area contributed by atoms with E-state index in [1.165, 1.54) is 6.07 Å². The molecule has 0 aromatic heterocycles. The zero-order valence-electron chi connectivity index (χ0n) is 23.9. The molecule has 1 fully saturated rings. The minimum absolute atomic E-state index is 0.0381. The number of benzene rings is 3. The van der Waals surface area contributed by atoms with Crippen molar-refractivity contribution in [1.29, 1.82) is 0 Å². The number of fused-ring (bicyclic) bond motifs is 1. The van der Waals surface area contributed by atoms with E-state index in [-0.39, 0.29) is 28.8 Å². The van der Waals surface area contributed by atoms with Crippen molar-refractivity contribution in [2.24, 2.45) is 5.92 Å². The molecule has 1 nitrogen and oxygen atoms in total. The maximum absolute atomic E-state index is 15.7. The van der Waals surface area contributed by atoms with Gasteiger partial charge in [0.1, 0.15) is 17.5 Å². The fraction of sp³-hybridized carbons (Fsp3) is 0.471. The van der Waals surface area contributed by atoms with Gasteiger partial charge in [-0.3, -0.25) is 0 Å². The van der Waals surface area contributed by atoms with Crippen LogP contribution < -0.4 is 4.74 Å². The molecule has 0 spiro atoms. The van der Waals surface area contributed by atoms with Crippen LogP contribution in [0.1, 0.15) is 97.1 Å². The first kappa shape index (κ1) is 31.3. The summed E-state index contributed by atoms with van der Waals surface area (Å²) in [5.41, 5.74) is 3.03. The third-order valence-corrected chi connectivity index (χ3v) is 9.08. The second-order valence-corrected chi connectivity index (χ2v) is 12.0. The Morgan fingerprint density at radius 2 is 1.44 bits per heavy atom. The molecule has 0 aliphatic heterocycles. The third-order valence-electron chi connectivity index (χ3n) is 9.08. The van der Waals surface area contributed by atoms with Crippen LogP contribution in [0.2, 0.25) is 0 Å². The van der Waals surface area contributed by atoms with Crippen molar-refractivity contribution in [3.8, 4) is 5.75 Å². The van der Waals surface area contributed by atoms with Crippen LogP contribution in [0.5, 0.6) is 5.75 Å². The number of alkyl halides is 3. The summed E-state index contributed by atoms with van der Waals surface area (Å²) in [4.78, 5) is 0. The van der Waals surface area contributed by atoms with Crippen LogP contribution in [0.15, 0.2) is 36.4 Å². The van der Waals surface area contributed by atoms with Gasteiger partial charge in [0.2, 0.25) is 5.75 Å². The first-order valence-electron chi connectivity index (χ1n) is 14.9. The summed E-state index contributed by atoms with van der Waals surface area (Å²) in [6, 6.07) is 8.48. The Labute approximate surface area is 246 Å². The number of aryl methyl sites for hydroxylation is 2. The maximum atomic E-state index is 15.7. The summed E-state index contributed by atoms with van der Waals surface area (Å²) in [5, 5.41) is 0. The van der Waals surface area contributed by atoms with Crippen LogP contribution in [0.3, 0.4) is 0 Å². The highest BCUT2D eigenvalue weighted by atomic mass is 19.4. The molecule has 3 aromatic carbocycles. The molecule has 5 rings (SSSR count). The lowest BCUT2D eigenvalue weighted by Gasteiger charge is -2.32. The van der Waals surface area contributed by atoms with Gasteiger partial charge < -0.3 is 4.74 Å². The number of rotatable bonds is 8. The van der Waals surface area contributed by atoms with Gasteiger partial charge >= 0.3 is 6.36 Å². The molecule has 3 aromatic rings. The predicted molar refractivity (Wildman–Crippen MR) is 148 cm³/mol. The molecule has 232 valence electrons. The molecular formula is C34H34F8O. The van der Waals surface area contributed by atoms with Crippen molar-refractivity contribution in [3.05, 3.63) is 98.9 Å². The molecule has 0 radical (unpaired) electrons. The van der Waals surface area contributed by atoms with Crippen molar-refractivity contribution in [1.82, 2.24) is 0 Å². The van der Waals surface area contributed by atoms with E-state index in [4.69, 9.17) is 0 Å². The monoisotopic (exact) mass is 610 g/mol. The zero-order valence-corrected chi connectivity index (χ0v) is 23.9. The van der Waals surface area contributed by atoms with Crippen molar-refractivity contribution < 1.29 is 39.9 Å². The molecular weight excluding hydrogens is 576 g/mol. The quantitative estimate of drug-likeness (QED) is 0.231. The Morgan fingerprint density at radius 3 is 2.07 bits per heavy atom. The minimum Gasteiger partial charge on any atom is -0.399 e. The Kier molecular flexibility index (Phi) is 9.37. The molecule has 1 unspecified atom stereocenters. The SMILES string of the molecule is CCCc1ccc(CCC2CCc3c(cc(F)c(C4CCC(c5cc(F)c(OC(F)(F)F)c(F)c5)CC4)c3F)C2)c(F)c1. The van der Waals surface area contributed by atoms with Gasteiger partial charge in [0.25, 0.3) is 0 Å². The van der Waals surface area contributed by atoms with Crippen molar-refractivity contribution in [2.45, 2.75) is 95.8 Å². The summed E-state index contributed by atoms with van der Waals surface area (Å²) in [6.45, 7) is 2.05. The number of ether oxygens (including phenoxy) is 1. The Bertz CT molecular complexity index is 1430. The summed E-state index contributed by atoms with van der Waals surface area (Å²) in [7, 11) is 0. The molecule has 2 aliphatic rings. The summed E-state index contributed by atoms with van der Waals surface area (Å²) < 4.78 is 115. The van der Waals surface area contributed by atoms with Crippen molar-refractivity contribution >= 4 is 0 Å². The van der Waals surface area contributed by atoms with Crippen LogP contribution in [-0.4, -0.2) is 6.36 Å². The fourth-order valence-corrected chi connectivity index (χ4v) is 6.90. The molecule has 0 N–H and O–H groups in total. The highest BCUT2D eigenvalue weighted by Crippen LogP contribution is 2.45. The van der Waals surface area contributed by atoms with Gasteiger partial charge in [-0.15, -0.1) is 13.2 Å². The molecule has 0 heterocycles. The van der Waals surface area contributed by atoms with Gasteiger partial charge in [0.05, 0.1) is 0 Å². The molecule has 43 heavy (non-hydrogen) atoms. The lowest BCUT2D eigenvalue weighted by molar-refractivity contribution is -0.276. The highest BCUT2D eigenvalue weighted by molar-refractivity contribution is 5.40.